The van der Waals surface area contributed by atoms with Crippen molar-refractivity contribution in [2.24, 2.45) is 0 Å². The first-order valence-corrected chi connectivity index (χ1v) is 5.46. The highest BCUT2D eigenvalue weighted by atomic mass is 19.4. The summed E-state index contributed by atoms with van der Waals surface area (Å²) in [4.78, 5) is 0. The molecule has 20 heavy (non-hydrogen) atoms. The smallest absolute Gasteiger partial charge is 0.207 e. The second-order valence-corrected chi connectivity index (χ2v) is 4.03. The monoisotopic (exact) mass is 282 g/mol. The van der Waals surface area contributed by atoms with E-state index in [0.29, 0.717) is 6.07 Å². The van der Waals surface area contributed by atoms with Crippen molar-refractivity contribution in [1.82, 2.24) is 0 Å². The Balaban J connectivity index is 2.56. The SMILES string of the molecule is C#Cc1cc(F)cc(F)c1-c1ccc(C(F)(F)F)cc1. The fraction of sp³-hybridized carbons (Fsp3) is 0.0667. The quantitative estimate of drug-likeness (QED) is 0.528. The third kappa shape index (κ3) is 2.64. The molecular weight excluding hydrogens is 275 g/mol. The second-order valence-electron chi connectivity index (χ2n) is 4.03. The molecule has 102 valence electrons. The topological polar surface area (TPSA) is 0 Å². The Morgan fingerprint density at radius 1 is 0.950 bits per heavy atom. The maximum Gasteiger partial charge on any atom is 0.416 e. The van der Waals surface area contributed by atoms with Crippen LogP contribution in [0, 0.1) is 24.0 Å². The van der Waals surface area contributed by atoms with Gasteiger partial charge < -0.3 is 0 Å². The van der Waals surface area contributed by atoms with E-state index in [1.54, 1.807) is 0 Å². The molecule has 0 saturated carbocycles. The summed E-state index contributed by atoms with van der Waals surface area (Å²) in [6.07, 6.45) is 0.684. The van der Waals surface area contributed by atoms with E-state index in [4.69, 9.17) is 6.42 Å². The lowest BCUT2D eigenvalue weighted by Gasteiger charge is -2.10. The van der Waals surface area contributed by atoms with E-state index < -0.39 is 23.4 Å². The van der Waals surface area contributed by atoms with E-state index in [-0.39, 0.29) is 16.7 Å². The van der Waals surface area contributed by atoms with Gasteiger partial charge in [-0.15, -0.1) is 6.42 Å². The Labute approximate surface area is 111 Å². The van der Waals surface area contributed by atoms with Gasteiger partial charge in [0.05, 0.1) is 5.56 Å². The third-order valence-electron chi connectivity index (χ3n) is 2.71. The Morgan fingerprint density at radius 3 is 2.05 bits per heavy atom. The lowest BCUT2D eigenvalue weighted by molar-refractivity contribution is -0.137. The molecule has 5 heteroatoms. The van der Waals surface area contributed by atoms with Crippen LogP contribution in [0.15, 0.2) is 36.4 Å². The summed E-state index contributed by atoms with van der Waals surface area (Å²) >= 11 is 0. The van der Waals surface area contributed by atoms with E-state index >= 15 is 0 Å². The van der Waals surface area contributed by atoms with Crippen LogP contribution in [0.5, 0.6) is 0 Å². The molecule has 0 aliphatic carbocycles. The highest BCUT2D eigenvalue weighted by Crippen LogP contribution is 2.33. The van der Waals surface area contributed by atoms with Gasteiger partial charge >= 0.3 is 6.18 Å². The average molecular weight is 282 g/mol. The number of rotatable bonds is 1. The average Bonchev–Trinajstić information content (AvgIpc) is 2.37. The third-order valence-corrected chi connectivity index (χ3v) is 2.71. The van der Waals surface area contributed by atoms with E-state index in [1.807, 2.05) is 0 Å². The van der Waals surface area contributed by atoms with Crippen molar-refractivity contribution >= 4 is 0 Å². The van der Waals surface area contributed by atoms with Crippen LogP contribution in [-0.4, -0.2) is 0 Å². The first-order valence-electron chi connectivity index (χ1n) is 5.46. The minimum atomic E-state index is -4.48. The van der Waals surface area contributed by atoms with Crippen molar-refractivity contribution in [2.45, 2.75) is 6.18 Å². The summed E-state index contributed by atoms with van der Waals surface area (Å²) in [5, 5.41) is 0. The van der Waals surface area contributed by atoms with E-state index in [9.17, 15) is 22.0 Å². The zero-order valence-corrected chi connectivity index (χ0v) is 9.93. The highest BCUT2D eigenvalue weighted by molar-refractivity contribution is 5.71. The molecule has 0 saturated heterocycles. The molecule has 0 atom stereocenters. The van der Waals surface area contributed by atoms with Crippen molar-refractivity contribution in [3.05, 3.63) is 59.2 Å². The molecular formula is C15H7F5. The maximum absolute atomic E-state index is 13.8. The van der Waals surface area contributed by atoms with Gasteiger partial charge in [-0.25, -0.2) is 8.78 Å². The normalized spacial score (nSPS) is 11.2. The second kappa shape index (κ2) is 4.97. The molecule has 0 aliphatic heterocycles. The number of alkyl halides is 3. The summed E-state index contributed by atoms with van der Waals surface area (Å²) in [5.74, 6) is 0.358. The molecule has 0 spiro atoms. The van der Waals surface area contributed by atoms with E-state index in [2.05, 4.69) is 5.92 Å². The van der Waals surface area contributed by atoms with Gasteiger partial charge in [-0.2, -0.15) is 13.2 Å². The van der Waals surface area contributed by atoms with Crippen LogP contribution in [0.4, 0.5) is 22.0 Å². The molecule has 0 aromatic heterocycles. The fourth-order valence-electron chi connectivity index (χ4n) is 1.81. The molecule has 2 rings (SSSR count). The van der Waals surface area contributed by atoms with Crippen molar-refractivity contribution in [3.8, 4) is 23.5 Å². The van der Waals surface area contributed by atoms with Gasteiger partial charge in [-0.3, -0.25) is 0 Å². The summed E-state index contributed by atoms with van der Waals surface area (Å²) < 4.78 is 64.1. The molecule has 0 nitrogen and oxygen atoms in total. The van der Waals surface area contributed by atoms with Gasteiger partial charge in [0.1, 0.15) is 11.6 Å². The Morgan fingerprint density at radius 2 is 1.55 bits per heavy atom. The van der Waals surface area contributed by atoms with Crippen molar-refractivity contribution in [1.29, 1.82) is 0 Å². The number of terminal acetylenes is 1. The van der Waals surface area contributed by atoms with Crippen LogP contribution in [0.2, 0.25) is 0 Å². The minimum Gasteiger partial charge on any atom is -0.207 e. The number of halogens is 5. The number of hydrogen-bond donors (Lipinski definition) is 0. The predicted octanol–water partition coefficient (Wildman–Crippen LogP) is 4.63. The molecule has 0 heterocycles. The maximum atomic E-state index is 13.8. The molecule has 0 radical (unpaired) electrons. The van der Waals surface area contributed by atoms with Crippen molar-refractivity contribution in [3.63, 3.8) is 0 Å². The van der Waals surface area contributed by atoms with Gasteiger partial charge in [-0.1, -0.05) is 18.1 Å². The number of benzene rings is 2. The highest BCUT2D eigenvalue weighted by Gasteiger charge is 2.30. The Kier molecular flexibility index (Phi) is 3.49. The molecule has 0 unspecified atom stereocenters. The van der Waals surface area contributed by atoms with Crippen molar-refractivity contribution < 1.29 is 22.0 Å². The fourth-order valence-corrected chi connectivity index (χ4v) is 1.81. The van der Waals surface area contributed by atoms with E-state index in [0.717, 1.165) is 30.3 Å². The summed E-state index contributed by atoms with van der Waals surface area (Å²) in [6.45, 7) is 0. The van der Waals surface area contributed by atoms with E-state index in [1.165, 1.54) is 0 Å². The van der Waals surface area contributed by atoms with Crippen LogP contribution in [0.3, 0.4) is 0 Å². The molecule has 0 bridgehead atoms. The van der Waals surface area contributed by atoms with Crippen LogP contribution in [0.1, 0.15) is 11.1 Å². The van der Waals surface area contributed by atoms with Gasteiger partial charge in [-0.05, 0) is 23.8 Å². The molecule has 2 aromatic rings. The van der Waals surface area contributed by atoms with Crippen LogP contribution in [0.25, 0.3) is 11.1 Å². The van der Waals surface area contributed by atoms with Gasteiger partial charge in [0, 0.05) is 17.2 Å². The molecule has 0 aliphatic rings. The standard InChI is InChI=1S/C15H7F5/c1-2-9-7-12(16)8-13(17)14(9)10-3-5-11(6-4-10)15(18,19)20/h1,3-8H. The summed E-state index contributed by atoms with van der Waals surface area (Å²) in [5.41, 5.74) is -0.848. The zero-order valence-electron chi connectivity index (χ0n) is 9.93. The van der Waals surface area contributed by atoms with Gasteiger partial charge in [0.25, 0.3) is 0 Å². The molecule has 0 fully saturated rings. The largest absolute Gasteiger partial charge is 0.416 e. The van der Waals surface area contributed by atoms with Gasteiger partial charge in [0.2, 0.25) is 0 Å². The summed E-state index contributed by atoms with van der Waals surface area (Å²) in [7, 11) is 0. The van der Waals surface area contributed by atoms with Crippen LogP contribution in [-0.2, 0) is 6.18 Å². The first-order chi connectivity index (χ1) is 9.32. The Bertz CT molecular complexity index is 675. The lowest BCUT2D eigenvalue weighted by atomic mass is 9.98. The molecule has 0 N–H and O–H groups in total. The zero-order chi connectivity index (χ0) is 14.9. The predicted molar refractivity (Wildman–Crippen MR) is 64.7 cm³/mol. The first kappa shape index (κ1) is 14.1. The minimum absolute atomic E-state index is 0.0535. The molecule has 2 aromatic carbocycles. The van der Waals surface area contributed by atoms with Crippen LogP contribution < -0.4 is 0 Å². The van der Waals surface area contributed by atoms with Crippen molar-refractivity contribution in [2.75, 3.05) is 0 Å². The lowest BCUT2D eigenvalue weighted by Crippen LogP contribution is -2.04. The Hall–Kier alpha value is -2.35. The molecule has 0 amide bonds. The summed E-state index contributed by atoms with van der Waals surface area (Å²) in [6, 6.07) is 5.42. The van der Waals surface area contributed by atoms with Crippen LogP contribution >= 0.6 is 0 Å². The number of hydrogen-bond acceptors (Lipinski definition) is 0. The van der Waals surface area contributed by atoms with Gasteiger partial charge in [0.15, 0.2) is 0 Å².